The molecule has 0 aromatic heterocycles. The van der Waals surface area contributed by atoms with Crippen molar-refractivity contribution < 1.29 is 18.3 Å². The molecule has 3 fully saturated rings. The van der Waals surface area contributed by atoms with Gasteiger partial charge in [-0.2, -0.15) is 0 Å². The summed E-state index contributed by atoms with van der Waals surface area (Å²) in [6, 6.07) is 6.55. The molecule has 4 rings (SSSR count). The molecule has 0 radical (unpaired) electrons. The van der Waals surface area contributed by atoms with E-state index in [1.807, 2.05) is 6.07 Å². The first-order valence-electron chi connectivity index (χ1n) is 9.64. The normalized spacial score (nSPS) is 36.3. The van der Waals surface area contributed by atoms with E-state index in [1.54, 1.807) is 14.2 Å². The Morgan fingerprint density at radius 1 is 1.00 bits per heavy atom. The zero-order chi connectivity index (χ0) is 18.6. The molecule has 1 aromatic rings. The van der Waals surface area contributed by atoms with E-state index < -0.39 is 5.92 Å². The van der Waals surface area contributed by atoms with Gasteiger partial charge in [0.1, 0.15) is 0 Å². The number of likely N-dealkylation sites (N-methyl/N-ethyl adjacent to an activating group) is 1. The van der Waals surface area contributed by atoms with E-state index in [2.05, 4.69) is 24.1 Å². The topological polar surface area (TPSA) is 21.7 Å². The van der Waals surface area contributed by atoms with Gasteiger partial charge in [-0.15, -0.1) is 0 Å². The van der Waals surface area contributed by atoms with Gasteiger partial charge >= 0.3 is 0 Å². The Morgan fingerprint density at radius 2 is 1.73 bits per heavy atom. The third kappa shape index (κ3) is 2.70. The molecule has 1 unspecified atom stereocenters. The molecule has 1 spiro atoms. The number of nitrogens with zero attached hydrogens (tertiary/aromatic N) is 1. The summed E-state index contributed by atoms with van der Waals surface area (Å²) in [6.45, 7) is 1.02. The number of alkyl halides is 2. The van der Waals surface area contributed by atoms with Crippen LogP contribution in [0.1, 0.15) is 50.5 Å². The zero-order valence-corrected chi connectivity index (χ0v) is 16.0. The molecule has 0 N–H and O–H groups in total. The average Bonchev–Trinajstić information content (AvgIpc) is 3.12. The SMILES string of the molecule is COc1ccc([C@]23CCN(C)[C@H]2CC2(CCC(F)(F)C2)CC3)cc1OC. The highest BCUT2D eigenvalue weighted by atomic mass is 19.3. The number of hydrogen-bond donors (Lipinski definition) is 0. The standard InChI is InChI=1S/C21H29F2NO2/c1-24-11-10-20(15-4-5-16(25-2)17(12-15)26-3)8-6-19(13-18(20)24)7-9-21(22,23)14-19/h4-5,12,18H,6-11,13-14H2,1-3H3/t18-,19?,20-/m0/s1. The second-order valence-electron chi connectivity index (χ2n) is 8.71. The van der Waals surface area contributed by atoms with Crippen LogP contribution < -0.4 is 9.47 Å². The Labute approximate surface area is 154 Å². The fourth-order valence-corrected chi connectivity index (χ4v) is 5.95. The molecule has 2 aliphatic carbocycles. The lowest BCUT2D eigenvalue weighted by Gasteiger charge is -2.49. The largest absolute Gasteiger partial charge is 0.493 e. The van der Waals surface area contributed by atoms with Crippen LogP contribution in [0.5, 0.6) is 11.5 Å². The fourth-order valence-electron chi connectivity index (χ4n) is 5.95. The summed E-state index contributed by atoms with van der Waals surface area (Å²) >= 11 is 0. The first-order chi connectivity index (χ1) is 12.3. The molecule has 144 valence electrons. The van der Waals surface area contributed by atoms with Crippen molar-refractivity contribution in [2.45, 2.75) is 62.3 Å². The lowest BCUT2D eigenvalue weighted by molar-refractivity contribution is -0.0186. The first kappa shape index (κ1) is 18.0. The van der Waals surface area contributed by atoms with Gasteiger partial charge in [-0.25, -0.2) is 8.78 Å². The highest BCUT2D eigenvalue weighted by Crippen LogP contribution is 2.61. The molecule has 3 atom stereocenters. The van der Waals surface area contributed by atoms with Crippen LogP contribution >= 0.6 is 0 Å². The predicted octanol–water partition coefficient (Wildman–Crippen LogP) is 4.64. The minimum absolute atomic E-state index is 0.0391. The molecule has 26 heavy (non-hydrogen) atoms. The van der Waals surface area contributed by atoms with Crippen LogP contribution in [-0.4, -0.2) is 44.7 Å². The second kappa shape index (κ2) is 6.08. The van der Waals surface area contributed by atoms with Gasteiger partial charge in [-0.3, -0.25) is 0 Å². The van der Waals surface area contributed by atoms with Crippen LogP contribution in [0.4, 0.5) is 8.78 Å². The molecule has 1 aliphatic heterocycles. The number of methoxy groups -OCH3 is 2. The quantitative estimate of drug-likeness (QED) is 0.779. The van der Waals surface area contributed by atoms with Crippen LogP contribution in [0, 0.1) is 5.41 Å². The minimum atomic E-state index is -2.47. The summed E-state index contributed by atoms with van der Waals surface area (Å²) in [6.07, 6.45) is 4.66. The summed E-state index contributed by atoms with van der Waals surface area (Å²) in [5.74, 6) is -0.987. The fraction of sp³-hybridized carbons (Fsp3) is 0.714. The number of halogens is 2. The Hall–Kier alpha value is -1.36. The Balaban J connectivity index is 1.68. The number of benzene rings is 1. The van der Waals surface area contributed by atoms with Crippen LogP contribution in [0.3, 0.4) is 0 Å². The van der Waals surface area contributed by atoms with Crippen LogP contribution in [0.15, 0.2) is 18.2 Å². The van der Waals surface area contributed by atoms with Crippen LogP contribution in [0.2, 0.25) is 0 Å². The van der Waals surface area contributed by atoms with E-state index in [9.17, 15) is 8.78 Å². The second-order valence-corrected chi connectivity index (χ2v) is 8.71. The van der Waals surface area contributed by atoms with E-state index in [0.717, 1.165) is 43.7 Å². The number of likely N-dealkylation sites (tertiary alicyclic amines) is 1. The third-order valence-electron chi connectivity index (χ3n) is 7.42. The van der Waals surface area contributed by atoms with E-state index in [0.29, 0.717) is 12.5 Å². The average molecular weight is 365 g/mol. The number of rotatable bonds is 3. The van der Waals surface area contributed by atoms with Gasteiger partial charge in [0.05, 0.1) is 14.2 Å². The third-order valence-corrected chi connectivity index (χ3v) is 7.42. The van der Waals surface area contributed by atoms with Gasteiger partial charge < -0.3 is 14.4 Å². The highest BCUT2D eigenvalue weighted by Gasteiger charge is 2.58. The molecule has 1 heterocycles. The molecule has 5 heteroatoms. The van der Waals surface area contributed by atoms with Gasteiger partial charge in [-0.1, -0.05) is 6.07 Å². The van der Waals surface area contributed by atoms with Gasteiger partial charge in [-0.05, 0) is 68.8 Å². The van der Waals surface area contributed by atoms with Gasteiger partial charge in [0, 0.05) is 24.3 Å². The monoisotopic (exact) mass is 365 g/mol. The van der Waals surface area contributed by atoms with Crippen molar-refractivity contribution >= 4 is 0 Å². The summed E-state index contributed by atoms with van der Waals surface area (Å²) < 4.78 is 38.9. The van der Waals surface area contributed by atoms with Gasteiger partial charge in [0.25, 0.3) is 0 Å². The van der Waals surface area contributed by atoms with E-state index >= 15 is 0 Å². The van der Waals surface area contributed by atoms with Crippen molar-refractivity contribution in [3.8, 4) is 11.5 Å². The number of ether oxygens (including phenoxy) is 2. The molecule has 1 saturated heterocycles. The summed E-state index contributed by atoms with van der Waals surface area (Å²) in [7, 11) is 5.46. The van der Waals surface area contributed by atoms with E-state index in [1.165, 1.54) is 5.56 Å². The van der Waals surface area contributed by atoms with Crippen LogP contribution in [0.25, 0.3) is 0 Å². The van der Waals surface area contributed by atoms with Crippen molar-refractivity contribution in [1.82, 2.24) is 4.90 Å². The maximum Gasteiger partial charge on any atom is 0.248 e. The predicted molar refractivity (Wildman–Crippen MR) is 97.3 cm³/mol. The highest BCUT2D eigenvalue weighted by molar-refractivity contribution is 5.46. The Kier molecular flexibility index (Phi) is 4.22. The molecule has 3 nitrogen and oxygen atoms in total. The minimum Gasteiger partial charge on any atom is -0.493 e. The molecule has 3 aliphatic rings. The van der Waals surface area contributed by atoms with Crippen molar-refractivity contribution in [3.63, 3.8) is 0 Å². The number of hydrogen-bond acceptors (Lipinski definition) is 3. The summed E-state index contributed by atoms with van der Waals surface area (Å²) in [4.78, 5) is 2.40. The Morgan fingerprint density at radius 3 is 2.38 bits per heavy atom. The van der Waals surface area contributed by atoms with E-state index in [4.69, 9.17) is 9.47 Å². The van der Waals surface area contributed by atoms with Crippen molar-refractivity contribution in [1.29, 1.82) is 0 Å². The van der Waals surface area contributed by atoms with Crippen LogP contribution in [-0.2, 0) is 5.41 Å². The van der Waals surface area contributed by atoms with Crippen molar-refractivity contribution in [2.75, 3.05) is 27.8 Å². The molecule has 2 saturated carbocycles. The summed E-state index contributed by atoms with van der Waals surface area (Å²) in [5, 5.41) is 0. The molecule has 1 aromatic carbocycles. The summed E-state index contributed by atoms with van der Waals surface area (Å²) in [5.41, 5.74) is 1.13. The smallest absolute Gasteiger partial charge is 0.248 e. The van der Waals surface area contributed by atoms with E-state index in [-0.39, 0.29) is 23.7 Å². The maximum absolute atomic E-state index is 14.0. The molecular formula is C21H29F2NO2. The lowest BCUT2D eigenvalue weighted by atomic mass is 9.58. The van der Waals surface area contributed by atoms with Gasteiger partial charge in [0.15, 0.2) is 11.5 Å². The number of fused-ring (bicyclic) bond motifs is 1. The Bertz CT molecular complexity index is 695. The van der Waals surface area contributed by atoms with Crippen molar-refractivity contribution in [3.05, 3.63) is 23.8 Å². The van der Waals surface area contributed by atoms with Gasteiger partial charge in [0.2, 0.25) is 5.92 Å². The van der Waals surface area contributed by atoms with Crippen molar-refractivity contribution in [2.24, 2.45) is 5.41 Å². The zero-order valence-electron chi connectivity index (χ0n) is 16.0. The molecular weight excluding hydrogens is 336 g/mol. The molecule has 0 amide bonds. The maximum atomic E-state index is 14.0. The first-order valence-corrected chi connectivity index (χ1v) is 9.64. The lowest BCUT2D eigenvalue weighted by Crippen LogP contribution is -2.49. The molecule has 0 bridgehead atoms.